The second-order valence-electron chi connectivity index (χ2n) is 6.48. The third kappa shape index (κ3) is 6.20. The lowest BCUT2D eigenvalue weighted by Crippen LogP contribution is -2.32. The van der Waals surface area contributed by atoms with Crippen molar-refractivity contribution in [2.75, 3.05) is 6.61 Å². The summed E-state index contributed by atoms with van der Waals surface area (Å²) in [7, 11) is 0. The first-order chi connectivity index (χ1) is 13.2. The fraction of sp³-hybridized carbons (Fsp3) is 0.333. The van der Waals surface area contributed by atoms with E-state index in [1.807, 2.05) is 36.5 Å². The number of allylic oxidation sites excluding steroid dienone is 1. The van der Waals surface area contributed by atoms with Crippen LogP contribution in [0.2, 0.25) is 0 Å². The maximum absolute atomic E-state index is 11.9. The Morgan fingerprint density at radius 2 is 2.37 bits per heavy atom. The monoisotopic (exact) mass is 367 g/mol. The highest BCUT2D eigenvalue weighted by atomic mass is 16.8. The molecule has 1 aliphatic rings. The molecular weight excluding hydrogens is 342 g/mol. The molecule has 1 fully saturated rings. The molecule has 142 valence electrons. The van der Waals surface area contributed by atoms with Crippen molar-refractivity contribution in [2.45, 2.75) is 38.4 Å². The zero-order valence-corrected chi connectivity index (χ0v) is 15.3. The highest BCUT2D eigenvalue weighted by molar-refractivity contribution is 5.90. The van der Waals surface area contributed by atoms with E-state index in [1.165, 1.54) is 6.08 Å². The lowest BCUT2D eigenvalue weighted by atomic mass is 10.1. The molecule has 27 heavy (non-hydrogen) atoms. The predicted octanol–water partition coefficient (Wildman–Crippen LogP) is 3.32. The fourth-order valence-corrected chi connectivity index (χ4v) is 2.89. The molecule has 0 bridgehead atoms. The standard InChI is InChI=1S/C21H25N3O3/c1-2-6-18-15-22-19(23-18)14-17-8-5-7-16(13-17)10-11-20(25)24-27-21-9-3-4-12-26-21/h2,5,7-8,10-11,13,15,21H,1,3-4,6,9,12,14H2,(H,22,23)(H,24,25)/b11-10+. The van der Waals surface area contributed by atoms with Crippen molar-refractivity contribution in [3.8, 4) is 0 Å². The number of aromatic amines is 1. The van der Waals surface area contributed by atoms with Crippen LogP contribution >= 0.6 is 0 Å². The molecule has 6 nitrogen and oxygen atoms in total. The van der Waals surface area contributed by atoms with Crippen molar-refractivity contribution < 1.29 is 14.4 Å². The Bertz CT molecular complexity index is 791. The zero-order chi connectivity index (χ0) is 18.9. The molecule has 1 amide bonds. The second-order valence-corrected chi connectivity index (χ2v) is 6.48. The number of carbonyl (C=O) groups is 1. The van der Waals surface area contributed by atoms with E-state index in [9.17, 15) is 4.79 Å². The number of ether oxygens (including phenoxy) is 1. The van der Waals surface area contributed by atoms with E-state index in [0.717, 1.165) is 48.3 Å². The van der Waals surface area contributed by atoms with Crippen LogP contribution in [0, 0.1) is 0 Å². The summed E-state index contributed by atoms with van der Waals surface area (Å²) in [5.74, 6) is 0.598. The molecule has 0 radical (unpaired) electrons. The molecule has 1 aliphatic heterocycles. The molecular formula is C21H25N3O3. The van der Waals surface area contributed by atoms with E-state index in [2.05, 4.69) is 22.0 Å². The summed E-state index contributed by atoms with van der Waals surface area (Å²) in [6.07, 6.45) is 10.9. The topological polar surface area (TPSA) is 76.2 Å². The average Bonchev–Trinajstić information content (AvgIpc) is 3.13. The van der Waals surface area contributed by atoms with Crippen LogP contribution in [0.3, 0.4) is 0 Å². The summed E-state index contributed by atoms with van der Waals surface area (Å²) < 4.78 is 5.41. The minimum absolute atomic E-state index is 0.310. The van der Waals surface area contributed by atoms with Crippen molar-refractivity contribution in [1.82, 2.24) is 15.4 Å². The van der Waals surface area contributed by atoms with E-state index >= 15 is 0 Å². The summed E-state index contributed by atoms with van der Waals surface area (Å²) in [6, 6.07) is 7.98. The average molecular weight is 367 g/mol. The number of imidazole rings is 1. The summed E-state index contributed by atoms with van der Waals surface area (Å²) in [6.45, 7) is 4.41. The maximum atomic E-state index is 11.9. The van der Waals surface area contributed by atoms with E-state index in [1.54, 1.807) is 6.08 Å². The van der Waals surface area contributed by atoms with Gasteiger partial charge in [0.15, 0.2) is 6.29 Å². The number of amides is 1. The number of hydrogen-bond donors (Lipinski definition) is 2. The Hall–Kier alpha value is -2.70. The van der Waals surface area contributed by atoms with E-state index in [4.69, 9.17) is 9.57 Å². The smallest absolute Gasteiger partial charge is 0.267 e. The number of hydrogen-bond acceptors (Lipinski definition) is 4. The Morgan fingerprint density at radius 3 is 3.19 bits per heavy atom. The molecule has 6 heteroatoms. The van der Waals surface area contributed by atoms with Gasteiger partial charge in [0.25, 0.3) is 5.91 Å². The second kappa shape index (κ2) is 9.85. The largest absolute Gasteiger partial charge is 0.350 e. The van der Waals surface area contributed by atoms with Crippen LogP contribution in [0.5, 0.6) is 0 Å². The molecule has 0 aliphatic carbocycles. The zero-order valence-electron chi connectivity index (χ0n) is 15.3. The van der Waals surface area contributed by atoms with Gasteiger partial charge < -0.3 is 9.72 Å². The van der Waals surface area contributed by atoms with Gasteiger partial charge in [-0.15, -0.1) is 6.58 Å². The summed E-state index contributed by atoms with van der Waals surface area (Å²) in [4.78, 5) is 24.8. The lowest BCUT2D eigenvalue weighted by molar-refractivity contribution is -0.198. The first-order valence-electron chi connectivity index (χ1n) is 9.21. The molecule has 2 aromatic rings. The van der Waals surface area contributed by atoms with Crippen molar-refractivity contribution in [3.63, 3.8) is 0 Å². The van der Waals surface area contributed by atoms with Crippen LogP contribution in [0.4, 0.5) is 0 Å². The predicted molar refractivity (Wildman–Crippen MR) is 104 cm³/mol. The number of carbonyl (C=O) groups excluding carboxylic acids is 1. The molecule has 0 spiro atoms. The van der Waals surface area contributed by atoms with Gasteiger partial charge in [0.05, 0.1) is 0 Å². The van der Waals surface area contributed by atoms with Gasteiger partial charge in [-0.3, -0.25) is 4.79 Å². The van der Waals surface area contributed by atoms with Crippen molar-refractivity contribution >= 4 is 12.0 Å². The summed E-state index contributed by atoms with van der Waals surface area (Å²) >= 11 is 0. The van der Waals surface area contributed by atoms with Crippen LogP contribution in [0.25, 0.3) is 6.08 Å². The minimum Gasteiger partial charge on any atom is -0.350 e. The normalized spacial score (nSPS) is 17.1. The number of nitrogens with one attached hydrogen (secondary N) is 2. The highest BCUT2D eigenvalue weighted by Crippen LogP contribution is 2.13. The Labute approximate surface area is 159 Å². The van der Waals surface area contributed by atoms with Gasteiger partial charge in [0, 0.05) is 43.8 Å². The Kier molecular flexibility index (Phi) is 6.96. The third-order valence-corrected chi connectivity index (χ3v) is 4.22. The van der Waals surface area contributed by atoms with Gasteiger partial charge in [-0.05, 0) is 30.0 Å². The summed E-state index contributed by atoms with van der Waals surface area (Å²) in [5.41, 5.74) is 5.52. The number of H-pyrrole nitrogens is 1. The SMILES string of the molecule is C=CCc1cnc(Cc2cccc(/C=C/C(=O)NOC3CCCCO3)c2)[nH]1. The minimum atomic E-state index is -0.348. The first kappa shape index (κ1) is 19.1. The van der Waals surface area contributed by atoms with Crippen molar-refractivity contribution in [2.24, 2.45) is 0 Å². The van der Waals surface area contributed by atoms with Crippen LogP contribution in [-0.4, -0.2) is 28.8 Å². The molecule has 2 N–H and O–H groups in total. The van der Waals surface area contributed by atoms with Gasteiger partial charge in [-0.1, -0.05) is 30.3 Å². The molecule has 3 rings (SSSR count). The van der Waals surface area contributed by atoms with E-state index in [0.29, 0.717) is 13.0 Å². The molecule has 1 unspecified atom stereocenters. The number of rotatable bonds is 8. The van der Waals surface area contributed by atoms with Gasteiger partial charge in [0.2, 0.25) is 0 Å². The molecule has 1 aromatic carbocycles. The first-order valence-corrected chi connectivity index (χ1v) is 9.21. The molecule has 0 saturated carbocycles. The summed E-state index contributed by atoms with van der Waals surface area (Å²) in [5, 5.41) is 0. The fourth-order valence-electron chi connectivity index (χ4n) is 2.89. The van der Waals surface area contributed by atoms with Crippen LogP contribution in [0.1, 0.15) is 41.9 Å². The van der Waals surface area contributed by atoms with Crippen molar-refractivity contribution in [3.05, 3.63) is 71.8 Å². The van der Waals surface area contributed by atoms with Crippen LogP contribution < -0.4 is 5.48 Å². The number of aromatic nitrogens is 2. The van der Waals surface area contributed by atoms with Gasteiger partial charge >= 0.3 is 0 Å². The lowest BCUT2D eigenvalue weighted by Gasteiger charge is -2.21. The van der Waals surface area contributed by atoms with E-state index < -0.39 is 0 Å². The Balaban J connectivity index is 1.52. The number of nitrogens with zero attached hydrogens (tertiary/aromatic N) is 1. The Morgan fingerprint density at radius 1 is 1.44 bits per heavy atom. The molecule has 1 aromatic heterocycles. The third-order valence-electron chi connectivity index (χ3n) is 4.22. The molecule has 1 saturated heterocycles. The molecule has 2 heterocycles. The van der Waals surface area contributed by atoms with Crippen LogP contribution in [-0.2, 0) is 27.2 Å². The van der Waals surface area contributed by atoms with Crippen LogP contribution in [0.15, 0.2) is 49.2 Å². The van der Waals surface area contributed by atoms with Crippen molar-refractivity contribution in [1.29, 1.82) is 0 Å². The number of benzene rings is 1. The van der Waals surface area contributed by atoms with Gasteiger partial charge in [-0.2, -0.15) is 0 Å². The highest BCUT2D eigenvalue weighted by Gasteiger charge is 2.14. The van der Waals surface area contributed by atoms with Gasteiger partial charge in [0.1, 0.15) is 5.82 Å². The molecule has 1 atom stereocenters. The number of hydroxylamine groups is 1. The van der Waals surface area contributed by atoms with Gasteiger partial charge in [-0.25, -0.2) is 15.3 Å². The maximum Gasteiger partial charge on any atom is 0.267 e. The quantitative estimate of drug-likeness (QED) is 0.426. The van der Waals surface area contributed by atoms with E-state index in [-0.39, 0.29) is 12.2 Å².